The van der Waals surface area contributed by atoms with Crippen LogP contribution in [0.25, 0.3) is 0 Å². The van der Waals surface area contributed by atoms with Crippen LogP contribution in [0.1, 0.15) is 12.8 Å². The summed E-state index contributed by atoms with van der Waals surface area (Å²) < 4.78 is 9.50. The lowest BCUT2D eigenvalue weighted by Crippen LogP contribution is -2.39. The van der Waals surface area contributed by atoms with Gasteiger partial charge in [0.05, 0.1) is 17.9 Å². The molecule has 0 aromatic heterocycles. The Morgan fingerprint density at radius 3 is 2.57 bits per heavy atom. The van der Waals surface area contributed by atoms with Crippen molar-refractivity contribution >= 4 is 17.7 Å². The molecule has 0 bridgehead atoms. The van der Waals surface area contributed by atoms with Crippen LogP contribution in [0.15, 0.2) is 0 Å². The largest absolute Gasteiger partial charge is 0.393 e. The second kappa shape index (κ2) is 3.16. The van der Waals surface area contributed by atoms with Gasteiger partial charge in [0.1, 0.15) is 5.78 Å². The maximum atomic E-state index is 11.3. The van der Waals surface area contributed by atoms with E-state index in [0.29, 0.717) is 0 Å². The number of fused-ring (bicyclic) bond motifs is 1. The normalized spacial score (nSPS) is 36.9. The third-order valence-electron chi connectivity index (χ3n) is 2.79. The Kier molecular flexibility index (Phi) is 2.11. The summed E-state index contributed by atoms with van der Waals surface area (Å²) in [5, 5.41) is 0. The fourth-order valence-electron chi connectivity index (χ4n) is 2.08. The van der Waals surface area contributed by atoms with Gasteiger partial charge in [-0.05, 0) is 0 Å². The molecule has 76 valence electrons. The Labute approximate surface area is 80.4 Å². The predicted octanol–water partition coefficient (Wildman–Crippen LogP) is -0.320. The van der Waals surface area contributed by atoms with Crippen molar-refractivity contribution in [3.8, 4) is 0 Å². The molecular weight excluding hydrogens is 188 g/mol. The average Bonchev–Trinajstić information content (AvgIpc) is 2.41. The van der Waals surface area contributed by atoms with Crippen LogP contribution in [0.5, 0.6) is 0 Å². The maximum Gasteiger partial charge on any atom is 0.320 e. The first-order valence-corrected chi connectivity index (χ1v) is 4.43. The number of esters is 2. The van der Waals surface area contributed by atoms with Gasteiger partial charge < -0.3 is 9.47 Å². The van der Waals surface area contributed by atoms with Crippen molar-refractivity contribution in [2.24, 2.45) is 11.8 Å². The first-order chi connectivity index (χ1) is 6.63. The zero-order valence-electron chi connectivity index (χ0n) is 7.69. The molecule has 1 saturated carbocycles. The number of hydrogen-bond acceptors (Lipinski definition) is 5. The molecule has 3 unspecified atom stereocenters. The van der Waals surface area contributed by atoms with E-state index in [4.69, 9.17) is 4.74 Å². The van der Waals surface area contributed by atoms with E-state index in [-0.39, 0.29) is 18.6 Å². The van der Waals surface area contributed by atoms with E-state index in [2.05, 4.69) is 4.74 Å². The third kappa shape index (κ3) is 1.24. The van der Waals surface area contributed by atoms with E-state index in [9.17, 15) is 14.4 Å². The molecule has 0 radical (unpaired) electrons. The quantitative estimate of drug-likeness (QED) is 0.426. The zero-order valence-corrected chi connectivity index (χ0v) is 7.69. The van der Waals surface area contributed by atoms with Crippen molar-refractivity contribution in [1.82, 2.24) is 0 Å². The number of ketones is 1. The number of ether oxygens (including phenoxy) is 2. The topological polar surface area (TPSA) is 69.7 Å². The molecule has 1 aliphatic heterocycles. The summed E-state index contributed by atoms with van der Waals surface area (Å²) in [5.41, 5.74) is 0. The van der Waals surface area contributed by atoms with Gasteiger partial charge in [0.25, 0.3) is 0 Å². The zero-order chi connectivity index (χ0) is 10.3. The summed E-state index contributed by atoms with van der Waals surface area (Å²) in [6, 6.07) is 0. The molecular formula is C9H10O5. The summed E-state index contributed by atoms with van der Waals surface area (Å²) in [6.45, 7) is 0. The summed E-state index contributed by atoms with van der Waals surface area (Å²) in [6.07, 6.45) is -0.199. The standard InChI is InChI=1S/C9H10O5/c1-13-6-3-4(10)2-5-7(6)9(12)14-8(5)11/h5-7H,2-3H2,1H3. The summed E-state index contributed by atoms with van der Waals surface area (Å²) in [4.78, 5) is 33.7. The molecule has 2 fully saturated rings. The molecule has 0 amide bonds. The molecule has 2 rings (SSSR count). The average molecular weight is 198 g/mol. The maximum absolute atomic E-state index is 11.3. The number of rotatable bonds is 1. The monoisotopic (exact) mass is 198 g/mol. The van der Waals surface area contributed by atoms with E-state index >= 15 is 0 Å². The highest BCUT2D eigenvalue weighted by Crippen LogP contribution is 2.36. The van der Waals surface area contributed by atoms with E-state index in [0.717, 1.165) is 0 Å². The van der Waals surface area contributed by atoms with E-state index < -0.39 is 29.9 Å². The van der Waals surface area contributed by atoms with Crippen molar-refractivity contribution in [3.63, 3.8) is 0 Å². The van der Waals surface area contributed by atoms with Gasteiger partial charge in [-0.15, -0.1) is 0 Å². The molecule has 3 atom stereocenters. The Balaban J connectivity index is 2.28. The fraction of sp³-hybridized carbons (Fsp3) is 0.667. The molecule has 5 nitrogen and oxygen atoms in total. The minimum Gasteiger partial charge on any atom is -0.393 e. The first-order valence-electron chi connectivity index (χ1n) is 4.43. The first kappa shape index (κ1) is 9.33. The van der Waals surface area contributed by atoms with E-state index in [1.165, 1.54) is 7.11 Å². The van der Waals surface area contributed by atoms with Crippen LogP contribution in [-0.2, 0) is 23.9 Å². The number of methoxy groups -OCH3 is 1. The second-order valence-electron chi connectivity index (χ2n) is 3.59. The van der Waals surface area contributed by atoms with Gasteiger partial charge in [0, 0.05) is 20.0 Å². The number of Topliss-reactive ketones (excluding diaryl/α,β-unsaturated/α-hetero) is 1. The van der Waals surface area contributed by atoms with Crippen LogP contribution in [0, 0.1) is 11.8 Å². The number of hydrogen-bond donors (Lipinski definition) is 0. The predicted molar refractivity (Wildman–Crippen MR) is 43.1 cm³/mol. The van der Waals surface area contributed by atoms with Crippen LogP contribution in [0.2, 0.25) is 0 Å². The van der Waals surface area contributed by atoms with Crippen molar-refractivity contribution in [3.05, 3.63) is 0 Å². The van der Waals surface area contributed by atoms with E-state index in [1.807, 2.05) is 0 Å². The smallest absolute Gasteiger partial charge is 0.320 e. The van der Waals surface area contributed by atoms with Crippen LogP contribution < -0.4 is 0 Å². The van der Waals surface area contributed by atoms with Gasteiger partial charge in [-0.25, -0.2) is 0 Å². The van der Waals surface area contributed by atoms with Gasteiger partial charge in [-0.3, -0.25) is 14.4 Å². The van der Waals surface area contributed by atoms with Crippen molar-refractivity contribution in [2.75, 3.05) is 7.11 Å². The van der Waals surface area contributed by atoms with Crippen LogP contribution in [0.4, 0.5) is 0 Å². The lowest BCUT2D eigenvalue weighted by Gasteiger charge is -2.26. The summed E-state index contributed by atoms with van der Waals surface area (Å²) >= 11 is 0. The van der Waals surface area contributed by atoms with Crippen LogP contribution in [-0.4, -0.2) is 30.9 Å². The minimum absolute atomic E-state index is 0.0512. The Bertz CT molecular complexity index is 308. The molecule has 1 aliphatic carbocycles. The van der Waals surface area contributed by atoms with Crippen molar-refractivity contribution < 1.29 is 23.9 Å². The molecule has 0 aromatic rings. The number of cyclic esters (lactones) is 2. The minimum atomic E-state index is -0.617. The van der Waals surface area contributed by atoms with Gasteiger partial charge >= 0.3 is 11.9 Å². The number of carbonyl (C=O) groups excluding carboxylic acids is 3. The Morgan fingerprint density at radius 2 is 1.93 bits per heavy atom. The van der Waals surface area contributed by atoms with E-state index in [1.54, 1.807) is 0 Å². The van der Waals surface area contributed by atoms with Crippen molar-refractivity contribution in [2.45, 2.75) is 18.9 Å². The number of carbonyl (C=O) groups is 3. The van der Waals surface area contributed by atoms with Gasteiger partial charge in [-0.2, -0.15) is 0 Å². The lowest BCUT2D eigenvalue weighted by molar-refractivity contribution is -0.154. The second-order valence-corrected chi connectivity index (χ2v) is 3.59. The molecule has 0 N–H and O–H groups in total. The summed E-state index contributed by atoms with van der Waals surface area (Å²) in [7, 11) is 1.43. The highest BCUT2D eigenvalue weighted by atomic mass is 16.6. The van der Waals surface area contributed by atoms with Crippen LogP contribution >= 0.6 is 0 Å². The molecule has 1 saturated heterocycles. The summed E-state index contributed by atoms with van der Waals surface area (Å²) in [5.74, 6) is -2.39. The third-order valence-corrected chi connectivity index (χ3v) is 2.79. The molecule has 0 aromatic carbocycles. The molecule has 0 spiro atoms. The van der Waals surface area contributed by atoms with Gasteiger partial charge in [-0.1, -0.05) is 0 Å². The SMILES string of the molecule is COC1CC(=O)CC2C(=O)OC(=O)C12. The Hall–Kier alpha value is -1.23. The van der Waals surface area contributed by atoms with Crippen molar-refractivity contribution in [1.29, 1.82) is 0 Å². The van der Waals surface area contributed by atoms with Gasteiger partial charge in [0.2, 0.25) is 0 Å². The highest BCUT2D eigenvalue weighted by molar-refractivity contribution is 6.00. The molecule has 1 heterocycles. The highest BCUT2D eigenvalue weighted by Gasteiger charge is 2.52. The van der Waals surface area contributed by atoms with Crippen LogP contribution in [0.3, 0.4) is 0 Å². The van der Waals surface area contributed by atoms with Gasteiger partial charge in [0.15, 0.2) is 0 Å². The molecule has 2 aliphatic rings. The lowest BCUT2D eigenvalue weighted by atomic mass is 9.78. The Morgan fingerprint density at radius 1 is 1.21 bits per heavy atom. The molecule has 14 heavy (non-hydrogen) atoms. The fourth-order valence-corrected chi connectivity index (χ4v) is 2.08. The molecule has 5 heteroatoms.